The van der Waals surface area contributed by atoms with Gasteiger partial charge in [0.2, 0.25) is 5.28 Å². The molecule has 2 rings (SSSR count). The van der Waals surface area contributed by atoms with Crippen LogP contribution in [0.1, 0.15) is 5.56 Å². The highest BCUT2D eigenvalue weighted by molar-refractivity contribution is 6.35. The fraction of sp³-hybridized carbons (Fsp3) is 0.111. The Morgan fingerprint density at radius 1 is 1.15 bits per heavy atom. The quantitative estimate of drug-likeness (QED) is 0.495. The average Bonchev–Trinajstić information content (AvgIpc) is 2.02. The lowest BCUT2D eigenvalue weighted by Crippen LogP contribution is -1.88. The molecule has 2 aromatic rings. The third kappa shape index (κ3) is 1.47. The summed E-state index contributed by atoms with van der Waals surface area (Å²) in [6.45, 7) is 1.96. The minimum atomic E-state index is 0.183. The summed E-state index contributed by atoms with van der Waals surface area (Å²) in [4.78, 5) is 7.95. The van der Waals surface area contributed by atoms with E-state index < -0.39 is 0 Å². The first-order valence-corrected chi connectivity index (χ1v) is 4.52. The lowest BCUT2D eigenvalue weighted by molar-refractivity contribution is 1.22. The average molecular weight is 213 g/mol. The first-order chi connectivity index (χ1) is 6.18. The summed E-state index contributed by atoms with van der Waals surface area (Å²) >= 11 is 11.6. The minimum absolute atomic E-state index is 0.183. The van der Waals surface area contributed by atoms with E-state index in [2.05, 4.69) is 9.97 Å². The largest absolute Gasteiger partial charge is 0.224 e. The van der Waals surface area contributed by atoms with Crippen molar-refractivity contribution in [2.24, 2.45) is 0 Å². The molecule has 0 spiro atoms. The Morgan fingerprint density at radius 3 is 2.69 bits per heavy atom. The molecule has 2 nitrogen and oxygen atoms in total. The highest BCUT2D eigenvalue weighted by Gasteiger charge is 2.05. The van der Waals surface area contributed by atoms with Gasteiger partial charge in [-0.2, -0.15) is 0 Å². The van der Waals surface area contributed by atoms with Crippen molar-refractivity contribution in [2.75, 3.05) is 0 Å². The summed E-state index contributed by atoms with van der Waals surface area (Å²) in [6, 6.07) is 5.74. The molecular weight excluding hydrogens is 207 g/mol. The van der Waals surface area contributed by atoms with Crippen molar-refractivity contribution in [3.63, 3.8) is 0 Å². The Balaban J connectivity index is 2.94. The van der Waals surface area contributed by atoms with E-state index in [1.54, 1.807) is 0 Å². The molecule has 0 aliphatic carbocycles. The second kappa shape index (κ2) is 3.13. The van der Waals surface area contributed by atoms with Crippen LogP contribution in [0, 0.1) is 6.92 Å². The molecule has 13 heavy (non-hydrogen) atoms. The van der Waals surface area contributed by atoms with Crippen LogP contribution >= 0.6 is 23.2 Å². The van der Waals surface area contributed by atoms with Crippen LogP contribution in [-0.2, 0) is 0 Å². The predicted molar refractivity (Wildman–Crippen MR) is 54.3 cm³/mol. The van der Waals surface area contributed by atoms with Gasteiger partial charge in [-0.1, -0.05) is 23.7 Å². The van der Waals surface area contributed by atoms with E-state index in [-0.39, 0.29) is 5.28 Å². The van der Waals surface area contributed by atoms with Crippen LogP contribution in [0.5, 0.6) is 0 Å². The van der Waals surface area contributed by atoms with Crippen LogP contribution in [0.4, 0.5) is 0 Å². The van der Waals surface area contributed by atoms with Gasteiger partial charge in [0.25, 0.3) is 0 Å². The Morgan fingerprint density at radius 2 is 1.92 bits per heavy atom. The summed E-state index contributed by atoms with van der Waals surface area (Å²) in [5.74, 6) is 0. The Bertz CT molecular complexity index is 468. The highest BCUT2D eigenvalue weighted by Crippen LogP contribution is 2.24. The Labute approximate surface area is 85.5 Å². The number of fused-ring (bicyclic) bond motifs is 1. The maximum atomic E-state index is 5.93. The van der Waals surface area contributed by atoms with E-state index in [1.807, 2.05) is 25.1 Å². The molecule has 4 heteroatoms. The zero-order valence-corrected chi connectivity index (χ0v) is 8.39. The summed E-state index contributed by atoms with van der Waals surface area (Å²) < 4.78 is 0. The molecular formula is C9H6Cl2N2. The number of halogens is 2. The maximum absolute atomic E-state index is 5.93. The van der Waals surface area contributed by atoms with Crippen molar-refractivity contribution in [3.05, 3.63) is 34.2 Å². The van der Waals surface area contributed by atoms with Crippen LogP contribution in [0.2, 0.25) is 10.4 Å². The number of nitrogens with zero attached hydrogens (tertiary/aromatic N) is 2. The predicted octanol–water partition coefficient (Wildman–Crippen LogP) is 3.25. The van der Waals surface area contributed by atoms with Gasteiger partial charge in [0, 0.05) is 5.39 Å². The first kappa shape index (κ1) is 8.73. The van der Waals surface area contributed by atoms with E-state index in [0.717, 1.165) is 16.5 Å². The monoisotopic (exact) mass is 212 g/mol. The van der Waals surface area contributed by atoms with Crippen molar-refractivity contribution >= 4 is 34.1 Å². The van der Waals surface area contributed by atoms with Gasteiger partial charge in [0.15, 0.2) is 0 Å². The van der Waals surface area contributed by atoms with Crippen LogP contribution in [0.15, 0.2) is 18.2 Å². The van der Waals surface area contributed by atoms with Gasteiger partial charge in [-0.15, -0.1) is 0 Å². The lowest BCUT2D eigenvalue weighted by atomic mass is 10.1. The van der Waals surface area contributed by atoms with E-state index in [1.165, 1.54) is 0 Å². The number of hydrogen-bond acceptors (Lipinski definition) is 2. The van der Waals surface area contributed by atoms with Gasteiger partial charge in [-0.05, 0) is 30.2 Å². The molecule has 0 N–H and O–H groups in total. The number of rotatable bonds is 0. The van der Waals surface area contributed by atoms with Gasteiger partial charge in [0.05, 0.1) is 5.52 Å². The first-order valence-electron chi connectivity index (χ1n) is 3.77. The van der Waals surface area contributed by atoms with Gasteiger partial charge in [-0.25, -0.2) is 9.97 Å². The van der Waals surface area contributed by atoms with E-state index in [4.69, 9.17) is 23.2 Å². The Hall–Kier alpha value is -0.860. The van der Waals surface area contributed by atoms with E-state index in [0.29, 0.717) is 5.15 Å². The fourth-order valence-corrected chi connectivity index (χ4v) is 1.82. The van der Waals surface area contributed by atoms with Crippen molar-refractivity contribution in [2.45, 2.75) is 6.92 Å². The molecule has 0 fully saturated rings. The standard InChI is InChI=1S/C9H6Cl2N2/c1-5-3-2-4-6-7(5)8(10)13-9(11)12-6/h2-4H,1H3. The van der Waals surface area contributed by atoms with Gasteiger partial charge in [-0.3, -0.25) is 0 Å². The summed E-state index contributed by atoms with van der Waals surface area (Å²) in [7, 11) is 0. The molecule has 0 saturated heterocycles. The van der Waals surface area contributed by atoms with Crippen LogP contribution < -0.4 is 0 Å². The SMILES string of the molecule is Cc1cccc2nc(Cl)nc(Cl)c12. The molecule has 0 atom stereocenters. The minimum Gasteiger partial charge on any atom is -0.218 e. The summed E-state index contributed by atoms with van der Waals surface area (Å²) in [5.41, 5.74) is 1.84. The topological polar surface area (TPSA) is 25.8 Å². The number of benzene rings is 1. The zero-order valence-electron chi connectivity index (χ0n) is 6.88. The molecule has 66 valence electrons. The third-order valence-corrected chi connectivity index (χ3v) is 2.30. The van der Waals surface area contributed by atoms with Crippen molar-refractivity contribution in [3.8, 4) is 0 Å². The molecule has 0 radical (unpaired) electrons. The van der Waals surface area contributed by atoms with Gasteiger partial charge < -0.3 is 0 Å². The number of aromatic nitrogens is 2. The molecule has 1 aromatic heterocycles. The summed E-state index contributed by atoms with van der Waals surface area (Å²) in [5, 5.41) is 1.46. The molecule has 0 aliphatic rings. The van der Waals surface area contributed by atoms with Crippen LogP contribution in [-0.4, -0.2) is 9.97 Å². The molecule has 1 aromatic carbocycles. The molecule has 0 saturated carbocycles. The maximum Gasteiger partial charge on any atom is 0.224 e. The molecule has 0 amide bonds. The summed E-state index contributed by atoms with van der Waals surface area (Å²) in [6.07, 6.45) is 0. The van der Waals surface area contributed by atoms with Crippen molar-refractivity contribution in [1.82, 2.24) is 9.97 Å². The smallest absolute Gasteiger partial charge is 0.218 e. The molecule has 0 unspecified atom stereocenters. The highest BCUT2D eigenvalue weighted by atomic mass is 35.5. The second-order valence-corrected chi connectivity index (χ2v) is 3.45. The molecule has 0 bridgehead atoms. The fourth-order valence-electron chi connectivity index (χ4n) is 1.28. The normalized spacial score (nSPS) is 10.7. The third-order valence-electron chi connectivity index (χ3n) is 1.86. The number of hydrogen-bond donors (Lipinski definition) is 0. The van der Waals surface area contributed by atoms with Gasteiger partial charge >= 0.3 is 0 Å². The number of aryl methyl sites for hydroxylation is 1. The Kier molecular flexibility index (Phi) is 2.10. The van der Waals surface area contributed by atoms with Crippen molar-refractivity contribution < 1.29 is 0 Å². The van der Waals surface area contributed by atoms with Crippen LogP contribution in [0.25, 0.3) is 10.9 Å². The van der Waals surface area contributed by atoms with E-state index >= 15 is 0 Å². The lowest BCUT2D eigenvalue weighted by Gasteiger charge is -2.02. The zero-order chi connectivity index (χ0) is 9.42. The molecule has 0 aliphatic heterocycles. The van der Waals surface area contributed by atoms with E-state index in [9.17, 15) is 0 Å². The van der Waals surface area contributed by atoms with Gasteiger partial charge in [0.1, 0.15) is 5.15 Å². The van der Waals surface area contributed by atoms with Crippen molar-refractivity contribution in [1.29, 1.82) is 0 Å². The second-order valence-electron chi connectivity index (χ2n) is 2.75. The van der Waals surface area contributed by atoms with Crippen LogP contribution in [0.3, 0.4) is 0 Å². The molecule has 1 heterocycles.